The second-order valence-electron chi connectivity index (χ2n) is 5.53. The van der Waals surface area contributed by atoms with Crippen LogP contribution < -0.4 is 0 Å². The van der Waals surface area contributed by atoms with Crippen LogP contribution in [0.1, 0.15) is 20.8 Å². The van der Waals surface area contributed by atoms with Gasteiger partial charge in [-0.1, -0.05) is 0 Å². The van der Waals surface area contributed by atoms with Gasteiger partial charge < -0.3 is 14.2 Å². The van der Waals surface area contributed by atoms with E-state index in [0.29, 0.717) is 6.29 Å². The molecule has 0 spiro atoms. The third-order valence-electron chi connectivity index (χ3n) is 3.64. The van der Waals surface area contributed by atoms with Gasteiger partial charge in [0.05, 0.1) is 0 Å². The van der Waals surface area contributed by atoms with E-state index in [4.69, 9.17) is 14.2 Å². The first kappa shape index (κ1) is 17.7. The minimum Gasteiger partial charge on any atom is -0.461 e. The minimum atomic E-state index is -1.66. The maximum atomic E-state index is 12.4. The highest BCUT2D eigenvalue weighted by atomic mass is 16.7. The number of epoxide rings is 1. The fourth-order valence-corrected chi connectivity index (χ4v) is 2.46. The van der Waals surface area contributed by atoms with E-state index >= 15 is 0 Å². The molecule has 1 saturated heterocycles. The number of ketones is 2. The van der Waals surface area contributed by atoms with Crippen LogP contribution >= 0.6 is 0 Å². The summed E-state index contributed by atoms with van der Waals surface area (Å²) in [6.07, 6.45) is 0.482. The van der Waals surface area contributed by atoms with Crippen LogP contribution in [0.4, 0.5) is 0 Å². The molecule has 0 bridgehead atoms. The summed E-state index contributed by atoms with van der Waals surface area (Å²) in [6.45, 7) is 3.45. The Morgan fingerprint density at radius 3 is 2.50 bits per heavy atom. The molecule has 0 aromatic rings. The molecule has 0 saturated carbocycles. The highest BCUT2D eigenvalue weighted by Gasteiger charge is 2.72. The van der Waals surface area contributed by atoms with Gasteiger partial charge in [0.1, 0.15) is 12.9 Å². The van der Waals surface area contributed by atoms with Crippen molar-refractivity contribution in [2.24, 2.45) is 0 Å². The number of hydrogen-bond donors (Lipinski definition) is 0. The predicted octanol–water partition coefficient (Wildman–Crippen LogP) is -0.158. The first-order valence-electron chi connectivity index (χ1n) is 7.13. The van der Waals surface area contributed by atoms with Gasteiger partial charge in [-0.25, -0.2) is 0 Å². The van der Waals surface area contributed by atoms with Gasteiger partial charge in [0, 0.05) is 19.4 Å². The van der Waals surface area contributed by atoms with E-state index in [2.05, 4.69) is 0 Å². The zero-order chi connectivity index (χ0) is 18.1. The van der Waals surface area contributed by atoms with Crippen LogP contribution in [-0.4, -0.2) is 54.2 Å². The van der Waals surface area contributed by atoms with Crippen molar-refractivity contribution < 1.29 is 38.2 Å². The number of hydrogen-bond acceptors (Lipinski definition) is 8. The minimum absolute atomic E-state index is 0.00555. The molecule has 24 heavy (non-hydrogen) atoms. The molecular weight excluding hydrogens is 320 g/mol. The Hall–Kier alpha value is -2.61. The smallest absolute Gasteiger partial charge is 0.303 e. The van der Waals surface area contributed by atoms with Crippen molar-refractivity contribution in [2.75, 3.05) is 6.61 Å². The SMILES string of the molecule is CC(=O)OCC1=CC(=O)C2(C(/C=C(\C)C=O)OC(C)=O)OC2C1=O. The Bertz CT molecular complexity index is 686. The third-order valence-corrected chi connectivity index (χ3v) is 3.64. The third kappa shape index (κ3) is 3.18. The maximum absolute atomic E-state index is 12.4. The lowest BCUT2D eigenvalue weighted by Crippen LogP contribution is -2.46. The molecule has 2 rings (SSSR count). The Kier molecular flexibility index (Phi) is 4.79. The van der Waals surface area contributed by atoms with Gasteiger partial charge in [-0.2, -0.15) is 0 Å². The summed E-state index contributed by atoms with van der Waals surface area (Å²) in [7, 11) is 0. The molecule has 0 aromatic heterocycles. The highest BCUT2D eigenvalue weighted by Crippen LogP contribution is 2.47. The molecule has 2 aliphatic rings. The number of Topliss-reactive ketones (excluding diaryl/α,β-unsaturated/α-hetero) is 1. The molecule has 0 N–H and O–H groups in total. The number of ether oxygens (including phenoxy) is 3. The van der Waals surface area contributed by atoms with E-state index in [-0.39, 0.29) is 17.8 Å². The molecule has 8 heteroatoms. The number of carbonyl (C=O) groups excluding carboxylic acids is 5. The fraction of sp³-hybridized carbons (Fsp3) is 0.438. The van der Waals surface area contributed by atoms with E-state index in [1.54, 1.807) is 0 Å². The van der Waals surface area contributed by atoms with E-state index in [1.807, 2.05) is 0 Å². The van der Waals surface area contributed by atoms with E-state index < -0.39 is 41.3 Å². The first-order chi connectivity index (χ1) is 11.2. The summed E-state index contributed by atoms with van der Waals surface area (Å²) in [6, 6.07) is 0. The number of fused-ring (bicyclic) bond motifs is 1. The van der Waals surface area contributed by atoms with Crippen molar-refractivity contribution in [3.63, 3.8) is 0 Å². The molecule has 3 atom stereocenters. The molecular formula is C16H16O8. The summed E-state index contributed by atoms with van der Waals surface area (Å²) in [5.41, 5.74) is -1.43. The largest absolute Gasteiger partial charge is 0.461 e. The Balaban J connectivity index is 2.32. The topological polar surface area (TPSA) is 116 Å². The van der Waals surface area contributed by atoms with Crippen molar-refractivity contribution in [1.29, 1.82) is 0 Å². The van der Waals surface area contributed by atoms with Gasteiger partial charge in [0.2, 0.25) is 5.60 Å². The second-order valence-corrected chi connectivity index (χ2v) is 5.53. The average molecular weight is 336 g/mol. The van der Waals surface area contributed by atoms with Crippen molar-refractivity contribution in [1.82, 2.24) is 0 Å². The van der Waals surface area contributed by atoms with Crippen LogP contribution in [0.2, 0.25) is 0 Å². The molecule has 0 radical (unpaired) electrons. The zero-order valence-electron chi connectivity index (χ0n) is 13.4. The van der Waals surface area contributed by atoms with E-state index in [0.717, 1.165) is 13.0 Å². The summed E-state index contributed by atoms with van der Waals surface area (Å²) in [5, 5.41) is 0. The number of esters is 2. The summed E-state index contributed by atoms with van der Waals surface area (Å²) >= 11 is 0. The first-order valence-corrected chi connectivity index (χ1v) is 7.13. The molecule has 128 valence electrons. The number of aldehydes is 1. The highest BCUT2D eigenvalue weighted by molar-refractivity contribution is 6.19. The van der Waals surface area contributed by atoms with Crippen LogP contribution in [0.3, 0.4) is 0 Å². The quantitative estimate of drug-likeness (QED) is 0.284. The molecule has 1 aliphatic carbocycles. The van der Waals surface area contributed by atoms with Crippen LogP contribution in [-0.2, 0) is 38.2 Å². The number of carbonyl (C=O) groups is 5. The fourth-order valence-electron chi connectivity index (χ4n) is 2.46. The molecule has 0 aromatic carbocycles. The van der Waals surface area contributed by atoms with Gasteiger partial charge in [-0.3, -0.25) is 24.0 Å². The number of allylic oxidation sites excluding steroid dienone is 1. The monoisotopic (exact) mass is 336 g/mol. The van der Waals surface area contributed by atoms with Crippen LogP contribution in [0.15, 0.2) is 23.3 Å². The summed E-state index contributed by atoms with van der Waals surface area (Å²) < 4.78 is 15.1. The standard InChI is InChI=1S/C16H16O8/c1-8(6-17)4-13(23-10(3)19)16-12(20)5-11(7-22-9(2)18)14(21)15(16)24-16/h4-6,13,15H,7H2,1-3H3/b8-4+. The summed E-state index contributed by atoms with van der Waals surface area (Å²) in [5.74, 6) is -2.39. The van der Waals surface area contributed by atoms with Crippen LogP contribution in [0.5, 0.6) is 0 Å². The van der Waals surface area contributed by atoms with E-state index in [1.165, 1.54) is 19.9 Å². The molecule has 1 heterocycles. The summed E-state index contributed by atoms with van der Waals surface area (Å²) in [4.78, 5) is 57.7. The van der Waals surface area contributed by atoms with Gasteiger partial charge >= 0.3 is 11.9 Å². The van der Waals surface area contributed by atoms with Crippen molar-refractivity contribution in [3.8, 4) is 0 Å². The number of rotatable bonds is 6. The second kappa shape index (κ2) is 6.48. The molecule has 8 nitrogen and oxygen atoms in total. The van der Waals surface area contributed by atoms with Crippen molar-refractivity contribution in [3.05, 3.63) is 23.3 Å². The Morgan fingerprint density at radius 2 is 1.96 bits per heavy atom. The Labute approximate surface area is 137 Å². The maximum Gasteiger partial charge on any atom is 0.303 e. The average Bonchev–Trinajstić information content (AvgIpc) is 3.25. The van der Waals surface area contributed by atoms with Crippen LogP contribution in [0, 0.1) is 0 Å². The molecule has 0 amide bonds. The lowest BCUT2D eigenvalue weighted by Gasteiger charge is -2.22. The van der Waals surface area contributed by atoms with Gasteiger partial charge in [-0.05, 0) is 24.6 Å². The predicted molar refractivity (Wildman–Crippen MR) is 77.7 cm³/mol. The normalized spacial score (nSPS) is 26.9. The van der Waals surface area contributed by atoms with Gasteiger partial charge in [-0.15, -0.1) is 0 Å². The molecule has 1 aliphatic heterocycles. The Morgan fingerprint density at radius 1 is 1.29 bits per heavy atom. The lowest BCUT2D eigenvalue weighted by molar-refractivity contribution is -0.149. The zero-order valence-corrected chi connectivity index (χ0v) is 13.4. The van der Waals surface area contributed by atoms with Gasteiger partial charge in [0.15, 0.2) is 23.8 Å². The van der Waals surface area contributed by atoms with Crippen LogP contribution in [0.25, 0.3) is 0 Å². The van der Waals surface area contributed by atoms with Crippen molar-refractivity contribution >= 4 is 29.8 Å². The molecule has 3 unspecified atom stereocenters. The lowest BCUT2D eigenvalue weighted by atomic mass is 9.83. The van der Waals surface area contributed by atoms with Gasteiger partial charge in [0.25, 0.3) is 0 Å². The molecule has 1 fully saturated rings. The van der Waals surface area contributed by atoms with E-state index in [9.17, 15) is 24.0 Å². The van der Waals surface area contributed by atoms with Crippen molar-refractivity contribution in [2.45, 2.75) is 38.6 Å².